The Morgan fingerprint density at radius 3 is 2.78 bits per heavy atom. The molecule has 2 aliphatic rings. The highest BCUT2D eigenvalue weighted by atomic mass is 16.5. The van der Waals surface area contributed by atoms with Gasteiger partial charge in [-0.15, -0.1) is 0 Å². The van der Waals surface area contributed by atoms with E-state index in [9.17, 15) is 9.59 Å². The van der Waals surface area contributed by atoms with Crippen LogP contribution in [-0.4, -0.2) is 50.1 Å². The zero-order chi connectivity index (χ0) is 16.8. The Morgan fingerprint density at radius 1 is 1.39 bits per heavy atom. The third-order valence-corrected chi connectivity index (χ3v) is 4.76. The van der Waals surface area contributed by atoms with Gasteiger partial charge in [0.1, 0.15) is 5.75 Å². The van der Waals surface area contributed by atoms with Crippen LogP contribution in [0.4, 0.5) is 10.5 Å². The molecule has 2 heterocycles. The first-order valence-corrected chi connectivity index (χ1v) is 7.91. The molecular weight excluding hydrogens is 294 g/mol. The summed E-state index contributed by atoms with van der Waals surface area (Å²) < 4.78 is 5.32. The van der Waals surface area contributed by atoms with Crippen LogP contribution >= 0.6 is 0 Å². The molecule has 1 fully saturated rings. The lowest BCUT2D eigenvalue weighted by Crippen LogP contribution is -2.45. The van der Waals surface area contributed by atoms with E-state index < -0.39 is 5.41 Å². The molecule has 0 saturated carbocycles. The summed E-state index contributed by atoms with van der Waals surface area (Å²) in [7, 11) is 3.41. The Bertz CT molecular complexity index is 658. The Hall–Kier alpha value is -2.24. The molecule has 0 bridgehead atoms. The van der Waals surface area contributed by atoms with Gasteiger partial charge in [-0.05, 0) is 44.0 Å². The van der Waals surface area contributed by atoms with E-state index in [4.69, 9.17) is 4.74 Å². The second-order valence-electron chi connectivity index (χ2n) is 6.61. The van der Waals surface area contributed by atoms with Crippen LogP contribution in [0, 0.1) is 0 Å². The van der Waals surface area contributed by atoms with Crippen LogP contribution in [0.15, 0.2) is 18.2 Å². The second kappa shape index (κ2) is 5.44. The molecule has 1 spiro atoms. The third kappa shape index (κ3) is 2.33. The number of amides is 3. The summed E-state index contributed by atoms with van der Waals surface area (Å²) in [5, 5.41) is 2.90. The zero-order valence-corrected chi connectivity index (χ0v) is 14.0. The maximum absolute atomic E-state index is 12.9. The summed E-state index contributed by atoms with van der Waals surface area (Å²) in [4.78, 5) is 28.6. The van der Waals surface area contributed by atoms with Crippen LogP contribution in [0.2, 0.25) is 0 Å². The molecule has 1 aromatic carbocycles. The van der Waals surface area contributed by atoms with Gasteiger partial charge in [0.25, 0.3) is 0 Å². The topological polar surface area (TPSA) is 61.9 Å². The number of hydrogen-bond acceptors (Lipinski definition) is 3. The number of carbonyl (C=O) groups excluding carboxylic acids is 2. The van der Waals surface area contributed by atoms with E-state index in [1.54, 1.807) is 24.0 Å². The lowest BCUT2D eigenvalue weighted by Gasteiger charge is -2.24. The van der Waals surface area contributed by atoms with Crippen molar-refractivity contribution in [2.45, 2.75) is 31.7 Å². The number of fused-ring (bicyclic) bond motifs is 2. The standard InChI is InChI=1S/C17H23N3O3/c1-11(2)18-16(22)20-8-7-17(10-20)13-9-12(23-4)5-6-14(13)19(3)15(17)21/h5-6,9,11H,7-8,10H2,1-4H3,(H,18,22). The van der Waals surface area contributed by atoms with E-state index in [1.165, 1.54) is 0 Å². The molecule has 1 unspecified atom stereocenters. The number of likely N-dealkylation sites (tertiary alicyclic amines) is 1. The molecular formula is C17H23N3O3. The number of hydrogen-bond donors (Lipinski definition) is 1. The van der Waals surface area contributed by atoms with Crippen LogP contribution in [-0.2, 0) is 10.2 Å². The third-order valence-electron chi connectivity index (χ3n) is 4.76. The van der Waals surface area contributed by atoms with Crippen molar-refractivity contribution in [3.63, 3.8) is 0 Å². The lowest BCUT2D eigenvalue weighted by molar-refractivity contribution is -0.122. The van der Waals surface area contributed by atoms with Crippen molar-refractivity contribution in [3.05, 3.63) is 23.8 Å². The van der Waals surface area contributed by atoms with Crippen LogP contribution in [0.25, 0.3) is 0 Å². The van der Waals surface area contributed by atoms with Crippen molar-refractivity contribution in [3.8, 4) is 5.75 Å². The fraction of sp³-hybridized carbons (Fsp3) is 0.529. The van der Waals surface area contributed by atoms with Gasteiger partial charge in [0.2, 0.25) is 5.91 Å². The van der Waals surface area contributed by atoms with E-state index in [-0.39, 0.29) is 18.0 Å². The van der Waals surface area contributed by atoms with Gasteiger partial charge in [0.15, 0.2) is 0 Å². The zero-order valence-electron chi connectivity index (χ0n) is 14.0. The fourth-order valence-corrected chi connectivity index (χ4v) is 3.58. The molecule has 3 rings (SSSR count). The predicted molar refractivity (Wildman–Crippen MR) is 87.9 cm³/mol. The maximum Gasteiger partial charge on any atom is 0.317 e. The molecule has 0 radical (unpaired) electrons. The van der Waals surface area contributed by atoms with Crippen molar-refractivity contribution in [2.75, 3.05) is 32.1 Å². The van der Waals surface area contributed by atoms with E-state index >= 15 is 0 Å². The Balaban J connectivity index is 1.94. The number of ether oxygens (including phenoxy) is 1. The number of urea groups is 1. The summed E-state index contributed by atoms with van der Waals surface area (Å²) in [6.45, 7) is 4.85. The number of nitrogens with zero attached hydrogens (tertiary/aromatic N) is 2. The van der Waals surface area contributed by atoms with E-state index in [0.29, 0.717) is 19.5 Å². The first-order chi connectivity index (χ1) is 10.9. The highest BCUT2D eigenvalue weighted by Crippen LogP contribution is 2.47. The largest absolute Gasteiger partial charge is 0.497 e. The molecule has 1 aromatic rings. The van der Waals surface area contributed by atoms with Gasteiger partial charge < -0.3 is 19.9 Å². The van der Waals surface area contributed by atoms with Crippen LogP contribution in [0.3, 0.4) is 0 Å². The molecule has 0 aliphatic carbocycles. The first kappa shape index (κ1) is 15.6. The van der Waals surface area contributed by atoms with Gasteiger partial charge in [0.05, 0.1) is 12.5 Å². The minimum absolute atomic E-state index is 0.0561. The number of rotatable bonds is 2. The SMILES string of the molecule is COc1ccc2c(c1)C1(CCN(C(=O)NC(C)C)C1)C(=O)N2C. The van der Waals surface area contributed by atoms with Crippen molar-refractivity contribution >= 4 is 17.6 Å². The average molecular weight is 317 g/mol. The van der Waals surface area contributed by atoms with Crippen LogP contribution in [0.5, 0.6) is 5.75 Å². The predicted octanol–water partition coefficient (Wildman–Crippen LogP) is 1.73. The highest BCUT2D eigenvalue weighted by molar-refractivity contribution is 6.08. The second-order valence-corrected chi connectivity index (χ2v) is 6.61. The summed E-state index contributed by atoms with van der Waals surface area (Å²) >= 11 is 0. The Morgan fingerprint density at radius 2 is 2.13 bits per heavy atom. The average Bonchev–Trinajstić information content (AvgIpc) is 3.05. The number of likely N-dealkylation sites (N-methyl/N-ethyl adjacent to an activating group) is 1. The number of carbonyl (C=O) groups is 2. The van der Waals surface area contributed by atoms with Crippen LogP contribution < -0.4 is 15.0 Å². The fourth-order valence-electron chi connectivity index (χ4n) is 3.58. The van der Waals surface area contributed by atoms with Gasteiger partial charge in [-0.1, -0.05) is 0 Å². The summed E-state index contributed by atoms with van der Waals surface area (Å²) in [6, 6.07) is 5.68. The molecule has 3 amide bonds. The molecule has 1 saturated heterocycles. The van der Waals surface area contributed by atoms with E-state index in [1.807, 2.05) is 32.0 Å². The van der Waals surface area contributed by atoms with Crippen molar-refractivity contribution in [2.24, 2.45) is 0 Å². The monoisotopic (exact) mass is 317 g/mol. The molecule has 1 atom stereocenters. The minimum atomic E-state index is -0.646. The number of nitrogens with one attached hydrogen (secondary N) is 1. The normalized spacial score (nSPS) is 22.9. The molecule has 6 heteroatoms. The van der Waals surface area contributed by atoms with Crippen LogP contribution in [0.1, 0.15) is 25.8 Å². The van der Waals surface area contributed by atoms with Gasteiger partial charge in [0, 0.05) is 31.9 Å². The molecule has 124 valence electrons. The Labute approximate surface area is 136 Å². The molecule has 23 heavy (non-hydrogen) atoms. The molecule has 0 aromatic heterocycles. The van der Waals surface area contributed by atoms with Gasteiger partial charge >= 0.3 is 6.03 Å². The maximum atomic E-state index is 12.9. The van der Waals surface area contributed by atoms with E-state index in [0.717, 1.165) is 17.0 Å². The minimum Gasteiger partial charge on any atom is -0.497 e. The highest BCUT2D eigenvalue weighted by Gasteiger charge is 2.54. The smallest absolute Gasteiger partial charge is 0.317 e. The Kier molecular flexibility index (Phi) is 3.70. The van der Waals surface area contributed by atoms with Gasteiger partial charge in [-0.25, -0.2) is 4.79 Å². The summed E-state index contributed by atoms with van der Waals surface area (Å²) in [5.41, 5.74) is 1.22. The number of benzene rings is 1. The van der Waals surface area contributed by atoms with Gasteiger partial charge in [-0.3, -0.25) is 4.79 Å². The molecule has 6 nitrogen and oxygen atoms in total. The summed E-state index contributed by atoms with van der Waals surface area (Å²) in [5.74, 6) is 0.789. The van der Waals surface area contributed by atoms with Gasteiger partial charge in [-0.2, -0.15) is 0 Å². The van der Waals surface area contributed by atoms with E-state index in [2.05, 4.69) is 5.32 Å². The van der Waals surface area contributed by atoms with Crippen molar-refractivity contribution < 1.29 is 14.3 Å². The first-order valence-electron chi connectivity index (χ1n) is 7.91. The number of anilines is 1. The van der Waals surface area contributed by atoms with Crippen molar-refractivity contribution in [1.82, 2.24) is 10.2 Å². The quantitative estimate of drug-likeness (QED) is 0.903. The van der Waals surface area contributed by atoms with Crippen molar-refractivity contribution in [1.29, 1.82) is 0 Å². The lowest BCUT2D eigenvalue weighted by atomic mass is 9.81. The molecule has 1 N–H and O–H groups in total. The number of methoxy groups -OCH3 is 1. The summed E-state index contributed by atoms with van der Waals surface area (Å²) in [6.07, 6.45) is 0.641. The molecule has 2 aliphatic heterocycles.